The van der Waals surface area contributed by atoms with Gasteiger partial charge in [0.25, 0.3) is 0 Å². The first-order chi connectivity index (χ1) is 9.71. The summed E-state index contributed by atoms with van der Waals surface area (Å²) in [6.07, 6.45) is 1.32. The smallest absolute Gasteiger partial charge is 0.253 e. The molecule has 0 aliphatic carbocycles. The average molecular weight is 267 g/mol. The lowest BCUT2D eigenvalue weighted by Gasteiger charge is -2.01. The maximum absolute atomic E-state index is 8.12. The van der Waals surface area contributed by atoms with Crippen LogP contribution < -0.4 is 0 Å². The molecule has 2 aromatic carbocycles. The van der Waals surface area contributed by atoms with Crippen LogP contribution in [0.1, 0.15) is 25.0 Å². The molecule has 0 saturated heterocycles. The monoisotopic (exact) mass is 267 g/mol. The minimum absolute atomic E-state index is 0.250. The lowest BCUT2D eigenvalue weighted by Crippen LogP contribution is -1.92. The summed E-state index contributed by atoms with van der Waals surface area (Å²) < 4.78 is 0. The Bertz CT molecular complexity index is 580. The fourth-order valence-electron chi connectivity index (χ4n) is 1.74. The molecular formula is C17H17NO2. The van der Waals surface area contributed by atoms with Crippen LogP contribution in [-0.2, 0) is 16.0 Å². The van der Waals surface area contributed by atoms with Gasteiger partial charge in [0.15, 0.2) is 0 Å². The fraction of sp³-hybridized carbons (Fsp3) is 0.176. The molecule has 102 valence electrons. The maximum atomic E-state index is 8.12. The Morgan fingerprint density at radius 2 is 1.55 bits per heavy atom. The van der Waals surface area contributed by atoms with Gasteiger partial charge in [-0.3, -0.25) is 4.99 Å². The van der Waals surface area contributed by atoms with Gasteiger partial charge >= 0.3 is 6.15 Å². The molecule has 0 heterocycles. The Balaban J connectivity index is 0.000000612. The van der Waals surface area contributed by atoms with Crippen LogP contribution in [0.15, 0.2) is 59.6 Å². The summed E-state index contributed by atoms with van der Waals surface area (Å²) >= 11 is 0. The molecule has 0 spiro atoms. The van der Waals surface area contributed by atoms with E-state index in [9.17, 15) is 0 Å². The van der Waals surface area contributed by atoms with Gasteiger partial charge in [-0.15, -0.1) is 0 Å². The number of rotatable bonds is 3. The van der Waals surface area contributed by atoms with Crippen molar-refractivity contribution in [2.45, 2.75) is 20.3 Å². The third-order valence-corrected chi connectivity index (χ3v) is 2.83. The van der Waals surface area contributed by atoms with Crippen molar-refractivity contribution in [1.29, 1.82) is 0 Å². The average Bonchev–Trinajstić information content (AvgIpc) is 2.50. The molecule has 0 bridgehead atoms. The fourth-order valence-corrected chi connectivity index (χ4v) is 1.74. The molecule has 0 radical (unpaired) electrons. The van der Waals surface area contributed by atoms with Crippen molar-refractivity contribution in [3.63, 3.8) is 0 Å². The van der Waals surface area contributed by atoms with Gasteiger partial charge in [-0.1, -0.05) is 49.4 Å². The lowest BCUT2D eigenvalue weighted by molar-refractivity contribution is -0.191. The van der Waals surface area contributed by atoms with E-state index >= 15 is 0 Å². The highest BCUT2D eigenvalue weighted by atomic mass is 16.2. The lowest BCUT2D eigenvalue weighted by atomic mass is 10.1. The molecule has 0 aromatic heterocycles. The van der Waals surface area contributed by atoms with Crippen molar-refractivity contribution >= 4 is 17.6 Å². The van der Waals surface area contributed by atoms with E-state index < -0.39 is 0 Å². The zero-order chi connectivity index (χ0) is 14.8. The molecule has 3 heteroatoms. The Morgan fingerprint density at radius 3 is 2.05 bits per heavy atom. The largest absolute Gasteiger partial charge is 0.373 e. The molecule has 0 N–H and O–H groups in total. The minimum Gasteiger partial charge on any atom is -0.253 e. The summed E-state index contributed by atoms with van der Waals surface area (Å²) in [6.45, 7) is 4.20. The number of hydrogen-bond donors (Lipinski definition) is 0. The highest BCUT2D eigenvalue weighted by Crippen LogP contribution is 2.15. The van der Waals surface area contributed by atoms with E-state index in [0.717, 1.165) is 17.8 Å². The summed E-state index contributed by atoms with van der Waals surface area (Å²) in [5, 5.41) is 0. The number of benzene rings is 2. The second-order valence-electron chi connectivity index (χ2n) is 4.17. The van der Waals surface area contributed by atoms with E-state index in [-0.39, 0.29) is 6.15 Å². The minimum atomic E-state index is 0.250. The Hall–Kier alpha value is -2.51. The quantitative estimate of drug-likeness (QED) is 0.794. The SMILES string of the molecule is CCc1ccc(N=C(C)c2ccccc2)cc1.O=C=O. The zero-order valence-corrected chi connectivity index (χ0v) is 11.7. The molecule has 0 aliphatic heterocycles. The summed E-state index contributed by atoms with van der Waals surface area (Å²) in [7, 11) is 0. The topological polar surface area (TPSA) is 46.5 Å². The van der Waals surface area contributed by atoms with E-state index in [1.807, 2.05) is 25.1 Å². The summed E-state index contributed by atoms with van der Waals surface area (Å²) in [5.74, 6) is 0. The highest BCUT2D eigenvalue weighted by molar-refractivity contribution is 6.00. The molecular weight excluding hydrogens is 250 g/mol. The predicted molar refractivity (Wildman–Crippen MR) is 79.1 cm³/mol. The highest BCUT2D eigenvalue weighted by Gasteiger charge is 1.96. The third kappa shape index (κ3) is 5.01. The van der Waals surface area contributed by atoms with Gasteiger partial charge in [-0.25, -0.2) is 0 Å². The van der Waals surface area contributed by atoms with Gasteiger partial charge in [-0.05, 0) is 36.6 Å². The van der Waals surface area contributed by atoms with Gasteiger partial charge < -0.3 is 0 Å². The van der Waals surface area contributed by atoms with E-state index in [0.29, 0.717) is 0 Å². The third-order valence-electron chi connectivity index (χ3n) is 2.83. The van der Waals surface area contributed by atoms with Crippen molar-refractivity contribution in [3.05, 3.63) is 65.7 Å². The van der Waals surface area contributed by atoms with Crippen LogP contribution in [0.4, 0.5) is 5.69 Å². The predicted octanol–water partition coefficient (Wildman–Crippen LogP) is 3.81. The molecule has 3 nitrogen and oxygen atoms in total. The normalized spacial score (nSPS) is 10.2. The number of aryl methyl sites for hydroxylation is 1. The van der Waals surface area contributed by atoms with Crippen LogP contribution in [0.3, 0.4) is 0 Å². The van der Waals surface area contributed by atoms with Crippen molar-refractivity contribution in [3.8, 4) is 0 Å². The molecule has 2 rings (SSSR count). The molecule has 0 aliphatic rings. The van der Waals surface area contributed by atoms with Gasteiger partial charge in [0.1, 0.15) is 0 Å². The molecule has 0 amide bonds. The van der Waals surface area contributed by atoms with Crippen LogP contribution in [0.5, 0.6) is 0 Å². The second-order valence-corrected chi connectivity index (χ2v) is 4.17. The van der Waals surface area contributed by atoms with Crippen LogP contribution >= 0.6 is 0 Å². The van der Waals surface area contributed by atoms with E-state index in [2.05, 4.69) is 48.3 Å². The van der Waals surface area contributed by atoms with Crippen molar-refractivity contribution in [2.24, 2.45) is 4.99 Å². The standard InChI is InChI=1S/C16H17N.CO2/c1-3-14-9-11-16(12-10-14)17-13(2)15-7-5-4-6-8-15;2-1-3/h4-12H,3H2,1-2H3;. The second kappa shape index (κ2) is 8.57. The molecule has 2 aromatic rings. The van der Waals surface area contributed by atoms with E-state index in [1.165, 1.54) is 11.1 Å². The number of hydrogen-bond acceptors (Lipinski definition) is 3. The zero-order valence-electron chi connectivity index (χ0n) is 11.7. The molecule has 0 fully saturated rings. The first kappa shape index (κ1) is 15.5. The maximum Gasteiger partial charge on any atom is 0.373 e. The summed E-state index contributed by atoms with van der Waals surface area (Å²) in [5.41, 5.74) is 4.59. The number of nitrogens with zero attached hydrogens (tertiary/aromatic N) is 1. The summed E-state index contributed by atoms with van der Waals surface area (Å²) in [6, 6.07) is 18.7. The Labute approximate surface area is 119 Å². The molecule has 20 heavy (non-hydrogen) atoms. The number of carbonyl (C=O) groups excluding carboxylic acids is 2. The van der Waals surface area contributed by atoms with E-state index in [1.54, 1.807) is 0 Å². The van der Waals surface area contributed by atoms with E-state index in [4.69, 9.17) is 9.59 Å². The van der Waals surface area contributed by atoms with Crippen LogP contribution in [0.2, 0.25) is 0 Å². The van der Waals surface area contributed by atoms with Gasteiger partial charge in [0.2, 0.25) is 0 Å². The van der Waals surface area contributed by atoms with Crippen molar-refractivity contribution in [2.75, 3.05) is 0 Å². The van der Waals surface area contributed by atoms with Crippen molar-refractivity contribution in [1.82, 2.24) is 0 Å². The van der Waals surface area contributed by atoms with Gasteiger partial charge in [0.05, 0.1) is 5.69 Å². The van der Waals surface area contributed by atoms with Crippen LogP contribution in [0.25, 0.3) is 0 Å². The first-order valence-electron chi connectivity index (χ1n) is 6.40. The van der Waals surface area contributed by atoms with Crippen LogP contribution in [0, 0.1) is 0 Å². The van der Waals surface area contributed by atoms with Crippen molar-refractivity contribution < 1.29 is 9.59 Å². The summed E-state index contributed by atoms with van der Waals surface area (Å²) in [4.78, 5) is 20.9. The van der Waals surface area contributed by atoms with Crippen LogP contribution in [-0.4, -0.2) is 11.9 Å². The number of aliphatic imine (C=N–C) groups is 1. The Kier molecular flexibility index (Phi) is 6.66. The molecule has 0 unspecified atom stereocenters. The molecule has 0 atom stereocenters. The van der Waals surface area contributed by atoms with Gasteiger partial charge in [0, 0.05) is 5.71 Å². The first-order valence-corrected chi connectivity index (χ1v) is 6.40. The van der Waals surface area contributed by atoms with Gasteiger partial charge in [-0.2, -0.15) is 9.59 Å². The molecule has 0 saturated carbocycles. The Morgan fingerprint density at radius 1 is 1.00 bits per heavy atom.